The summed E-state index contributed by atoms with van der Waals surface area (Å²) in [5, 5.41) is 3.16. The molecule has 1 aromatic carbocycles. The van der Waals surface area contributed by atoms with Crippen LogP contribution in [0, 0.1) is 22.9 Å². The summed E-state index contributed by atoms with van der Waals surface area (Å²) in [6.45, 7) is 3.60. The maximum absolute atomic E-state index is 13.6. The lowest BCUT2D eigenvalue weighted by Crippen LogP contribution is -2.43. The summed E-state index contributed by atoms with van der Waals surface area (Å²) in [5.41, 5.74) is -0.243. The van der Waals surface area contributed by atoms with E-state index in [1.165, 1.54) is 0 Å². The Morgan fingerprint density at radius 3 is 2.43 bits per heavy atom. The minimum Gasteiger partial charge on any atom is -0.317 e. The van der Waals surface area contributed by atoms with Gasteiger partial charge in [0.1, 0.15) is 4.90 Å². The summed E-state index contributed by atoms with van der Waals surface area (Å²) in [6.07, 6.45) is 1.55. The van der Waals surface area contributed by atoms with Crippen molar-refractivity contribution in [3.63, 3.8) is 0 Å². The molecule has 1 heterocycles. The Hall–Kier alpha value is -1.12. The molecule has 1 saturated heterocycles. The SMILES string of the molecule is CC1(CNS(=O)(=O)c2ccc(F)c(F)c2F)CCNCC1. The van der Waals surface area contributed by atoms with Gasteiger partial charge in [-0.05, 0) is 43.5 Å². The van der Waals surface area contributed by atoms with Crippen molar-refractivity contribution < 1.29 is 21.6 Å². The molecule has 0 aromatic heterocycles. The molecule has 2 N–H and O–H groups in total. The monoisotopic (exact) mass is 322 g/mol. The van der Waals surface area contributed by atoms with Gasteiger partial charge in [0.05, 0.1) is 0 Å². The van der Waals surface area contributed by atoms with E-state index in [9.17, 15) is 21.6 Å². The molecule has 0 atom stereocenters. The highest BCUT2D eigenvalue weighted by molar-refractivity contribution is 7.89. The van der Waals surface area contributed by atoms with Crippen molar-refractivity contribution in [1.29, 1.82) is 0 Å². The first kappa shape index (κ1) is 16.3. The number of benzene rings is 1. The molecular formula is C13H17F3N2O2S. The fraction of sp³-hybridized carbons (Fsp3) is 0.538. The lowest BCUT2D eigenvalue weighted by atomic mass is 9.81. The van der Waals surface area contributed by atoms with E-state index >= 15 is 0 Å². The van der Waals surface area contributed by atoms with Crippen LogP contribution in [0.4, 0.5) is 13.2 Å². The predicted molar refractivity (Wildman–Crippen MR) is 71.7 cm³/mol. The van der Waals surface area contributed by atoms with Crippen LogP contribution in [0.2, 0.25) is 0 Å². The molecule has 1 aliphatic rings. The maximum atomic E-state index is 13.6. The molecule has 0 spiro atoms. The molecule has 2 rings (SSSR count). The van der Waals surface area contributed by atoms with Gasteiger partial charge in [0.2, 0.25) is 10.0 Å². The third-order valence-corrected chi connectivity index (χ3v) is 5.21. The average molecular weight is 322 g/mol. The fourth-order valence-corrected chi connectivity index (χ4v) is 3.54. The van der Waals surface area contributed by atoms with E-state index in [1.807, 2.05) is 6.92 Å². The molecule has 0 radical (unpaired) electrons. The van der Waals surface area contributed by atoms with Gasteiger partial charge in [-0.15, -0.1) is 0 Å². The van der Waals surface area contributed by atoms with E-state index in [0.29, 0.717) is 6.07 Å². The quantitative estimate of drug-likeness (QED) is 0.831. The highest BCUT2D eigenvalue weighted by atomic mass is 32.2. The number of nitrogens with one attached hydrogen (secondary N) is 2. The number of rotatable bonds is 4. The van der Waals surface area contributed by atoms with Gasteiger partial charge < -0.3 is 5.32 Å². The second-order valence-corrected chi connectivity index (χ2v) is 7.29. The summed E-state index contributed by atoms with van der Waals surface area (Å²) >= 11 is 0. The summed E-state index contributed by atoms with van der Waals surface area (Å²) in [7, 11) is -4.22. The summed E-state index contributed by atoms with van der Waals surface area (Å²) in [6, 6.07) is 1.32. The van der Waals surface area contributed by atoms with Gasteiger partial charge in [-0.25, -0.2) is 26.3 Å². The lowest BCUT2D eigenvalue weighted by molar-refractivity contribution is 0.232. The van der Waals surface area contributed by atoms with Crippen molar-refractivity contribution in [2.75, 3.05) is 19.6 Å². The van der Waals surface area contributed by atoms with Crippen LogP contribution < -0.4 is 10.0 Å². The van der Waals surface area contributed by atoms with E-state index < -0.39 is 32.4 Å². The zero-order valence-electron chi connectivity index (χ0n) is 11.5. The molecule has 1 fully saturated rings. The Morgan fingerprint density at radius 1 is 1.19 bits per heavy atom. The fourth-order valence-electron chi connectivity index (χ4n) is 2.27. The first-order chi connectivity index (χ1) is 9.75. The van der Waals surface area contributed by atoms with Gasteiger partial charge >= 0.3 is 0 Å². The van der Waals surface area contributed by atoms with Gasteiger partial charge in [0, 0.05) is 6.54 Å². The molecule has 8 heteroatoms. The Balaban J connectivity index is 2.17. The summed E-state index contributed by atoms with van der Waals surface area (Å²) in [4.78, 5) is -0.876. The van der Waals surface area contributed by atoms with E-state index in [0.717, 1.165) is 32.0 Å². The number of hydrogen-bond donors (Lipinski definition) is 2. The Morgan fingerprint density at radius 2 is 1.81 bits per heavy atom. The Kier molecular flexibility index (Phi) is 4.60. The molecule has 0 aliphatic carbocycles. The van der Waals surface area contributed by atoms with Crippen molar-refractivity contribution >= 4 is 10.0 Å². The molecule has 0 saturated carbocycles. The molecule has 0 amide bonds. The molecule has 0 bridgehead atoms. The number of hydrogen-bond acceptors (Lipinski definition) is 3. The van der Waals surface area contributed by atoms with Crippen molar-refractivity contribution in [2.24, 2.45) is 5.41 Å². The van der Waals surface area contributed by atoms with Gasteiger partial charge in [-0.2, -0.15) is 0 Å². The maximum Gasteiger partial charge on any atom is 0.243 e. The second kappa shape index (κ2) is 5.94. The largest absolute Gasteiger partial charge is 0.317 e. The van der Waals surface area contributed by atoms with E-state index in [2.05, 4.69) is 10.0 Å². The predicted octanol–water partition coefficient (Wildman–Crippen LogP) is 1.77. The first-order valence-corrected chi connectivity index (χ1v) is 8.07. The molecule has 118 valence electrons. The smallest absolute Gasteiger partial charge is 0.243 e. The molecule has 1 aromatic rings. The van der Waals surface area contributed by atoms with Crippen LogP contribution in [0.3, 0.4) is 0 Å². The van der Waals surface area contributed by atoms with Crippen molar-refractivity contribution in [1.82, 2.24) is 10.0 Å². The number of halogens is 3. The van der Waals surface area contributed by atoms with Crippen LogP contribution in [0.1, 0.15) is 19.8 Å². The normalized spacial score (nSPS) is 18.7. The van der Waals surface area contributed by atoms with Gasteiger partial charge in [-0.1, -0.05) is 6.92 Å². The third-order valence-electron chi connectivity index (χ3n) is 3.79. The highest BCUT2D eigenvalue weighted by Crippen LogP contribution is 2.28. The van der Waals surface area contributed by atoms with Crippen LogP contribution in [0.25, 0.3) is 0 Å². The molecule has 21 heavy (non-hydrogen) atoms. The zero-order valence-corrected chi connectivity index (χ0v) is 12.4. The lowest BCUT2D eigenvalue weighted by Gasteiger charge is -2.34. The van der Waals surface area contributed by atoms with Crippen molar-refractivity contribution in [3.05, 3.63) is 29.6 Å². The Bertz CT molecular complexity index is 629. The van der Waals surface area contributed by atoms with E-state index in [-0.39, 0.29) is 12.0 Å². The topological polar surface area (TPSA) is 58.2 Å². The van der Waals surface area contributed by atoms with Gasteiger partial charge in [0.25, 0.3) is 0 Å². The van der Waals surface area contributed by atoms with Crippen molar-refractivity contribution in [2.45, 2.75) is 24.7 Å². The van der Waals surface area contributed by atoms with Gasteiger partial charge in [0.15, 0.2) is 17.5 Å². The minimum absolute atomic E-state index is 0.120. The van der Waals surface area contributed by atoms with Crippen LogP contribution >= 0.6 is 0 Å². The third kappa shape index (κ3) is 3.56. The molecular weight excluding hydrogens is 305 g/mol. The standard InChI is InChI=1S/C13H17F3N2O2S/c1-13(4-6-17-7-5-13)8-18-21(19,20)10-3-2-9(14)11(15)12(10)16/h2-3,17-18H,4-8H2,1H3. The van der Waals surface area contributed by atoms with Crippen LogP contribution in [0.15, 0.2) is 17.0 Å². The van der Waals surface area contributed by atoms with Crippen LogP contribution in [0.5, 0.6) is 0 Å². The van der Waals surface area contributed by atoms with E-state index in [4.69, 9.17) is 0 Å². The molecule has 0 unspecified atom stereocenters. The second-order valence-electron chi connectivity index (χ2n) is 5.56. The Labute approximate surface area is 121 Å². The average Bonchev–Trinajstić information content (AvgIpc) is 2.44. The zero-order chi connectivity index (χ0) is 15.7. The molecule has 4 nitrogen and oxygen atoms in total. The number of sulfonamides is 1. The highest BCUT2D eigenvalue weighted by Gasteiger charge is 2.30. The van der Waals surface area contributed by atoms with Crippen LogP contribution in [-0.4, -0.2) is 28.1 Å². The molecule has 1 aliphatic heterocycles. The first-order valence-electron chi connectivity index (χ1n) is 6.59. The summed E-state index contributed by atoms with van der Waals surface area (Å²) < 4.78 is 65.9. The summed E-state index contributed by atoms with van der Waals surface area (Å²) in [5.74, 6) is -4.90. The van der Waals surface area contributed by atoms with Gasteiger partial charge in [-0.3, -0.25) is 0 Å². The van der Waals surface area contributed by atoms with Crippen LogP contribution in [-0.2, 0) is 10.0 Å². The van der Waals surface area contributed by atoms with E-state index in [1.54, 1.807) is 0 Å². The minimum atomic E-state index is -4.22. The number of piperidine rings is 1. The van der Waals surface area contributed by atoms with Crippen molar-refractivity contribution in [3.8, 4) is 0 Å².